The standard InChI is InChI=1S/C10H8F2N2O2/c1-2-16-10(15)7-3-6(9(11)12)5-14-8(7)4-13/h3,5,9H,2H2,1H3. The Kier molecular flexibility index (Phi) is 3.89. The number of nitrogens with zero attached hydrogens (tertiary/aromatic N) is 2. The summed E-state index contributed by atoms with van der Waals surface area (Å²) in [4.78, 5) is 14.8. The number of esters is 1. The third-order valence-corrected chi connectivity index (χ3v) is 1.76. The molecular formula is C10H8F2N2O2. The molecule has 0 radical (unpaired) electrons. The number of pyridine rings is 1. The monoisotopic (exact) mass is 226 g/mol. The Bertz CT molecular complexity index is 441. The number of hydrogen-bond acceptors (Lipinski definition) is 4. The molecule has 16 heavy (non-hydrogen) atoms. The molecule has 1 rings (SSSR count). The van der Waals surface area contributed by atoms with Crippen LogP contribution in [0.5, 0.6) is 0 Å². The average Bonchev–Trinajstić information content (AvgIpc) is 2.28. The molecule has 0 bridgehead atoms. The number of halogens is 2. The van der Waals surface area contributed by atoms with Crippen molar-refractivity contribution in [2.45, 2.75) is 13.3 Å². The molecule has 1 aromatic heterocycles. The molecule has 0 aliphatic heterocycles. The van der Waals surface area contributed by atoms with Gasteiger partial charge < -0.3 is 4.74 Å². The van der Waals surface area contributed by atoms with Gasteiger partial charge in [-0.25, -0.2) is 18.6 Å². The van der Waals surface area contributed by atoms with Crippen molar-refractivity contribution < 1.29 is 18.3 Å². The second-order valence-corrected chi connectivity index (χ2v) is 2.80. The summed E-state index contributed by atoms with van der Waals surface area (Å²) < 4.78 is 29.3. The van der Waals surface area contributed by atoms with Gasteiger partial charge in [0.15, 0.2) is 5.69 Å². The van der Waals surface area contributed by atoms with Crippen LogP contribution in [0.4, 0.5) is 8.78 Å². The second-order valence-electron chi connectivity index (χ2n) is 2.80. The van der Waals surface area contributed by atoms with E-state index in [4.69, 9.17) is 5.26 Å². The topological polar surface area (TPSA) is 63.0 Å². The molecule has 0 N–H and O–H groups in total. The lowest BCUT2D eigenvalue weighted by atomic mass is 10.1. The molecule has 6 heteroatoms. The molecule has 0 fully saturated rings. The Hall–Kier alpha value is -2.03. The van der Waals surface area contributed by atoms with E-state index in [1.54, 1.807) is 13.0 Å². The highest BCUT2D eigenvalue weighted by molar-refractivity contribution is 5.91. The quantitative estimate of drug-likeness (QED) is 0.740. The first-order valence-corrected chi connectivity index (χ1v) is 4.45. The number of hydrogen-bond donors (Lipinski definition) is 0. The van der Waals surface area contributed by atoms with Crippen LogP contribution in [-0.4, -0.2) is 17.6 Å². The zero-order valence-corrected chi connectivity index (χ0v) is 8.41. The van der Waals surface area contributed by atoms with Gasteiger partial charge in [-0.1, -0.05) is 0 Å². The molecule has 0 aromatic carbocycles. The fourth-order valence-electron chi connectivity index (χ4n) is 1.05. The predicted molar refractivity (Wildman–Crippen MR) is 49.9 cm³/mol. The maximum Gasteiger partial charge on any atom is 0.341 e. The van der Waals surface area contributed by atoms with E-state index < -0.39 is 18.0 Å². The molecule has 4 nitrogen and oxygen atoms in total. The van der Waals surface area contributed by atoms with E-state index in [1.807, 2.05) is 0 Å². The normalized spacial score (nSPS) is 9.94. The number of rotatable bonds is 3. The summed E-state index contributed by atoms with van der Waals surface area (Å²) in [6, 6.07) is 2.57. The number of ether oxygens (including phenoxy) is 1. The number of alkyl halides is 2. The predicted octanol–water partition coefficient (Wildman–Crippen LogP) is 2.07. The summed E-state index contributed by atoms with van der Waals surface area (Å²) in [5, 5.41) is 8.66. The van der Waals surface area contributed by atoms with Gasteiger partial charge in [0.2, 0.25) is 0 Å². The lowest BCUT2D eigenvalue weighted by Crippen LogP contribution is -2.09. The number of carbonyl (C=O) groups is 1. The summed E-state index contributed by atoms with van der Waals surface area (Å²) in [6.07, 6.45) is -1.88. The summed E-state index contributed by atoms with van der Waals surface area (Å²) in [7, 11) is 0. The Morgan fingerprint density at radius 1 is 1.69 bits per heavy atom. The lowest BCUT2D eigenvalue weighted by Gasteiger charge is -2.05. The van der Waals surface area contributed by atoms with E-state index in [2.05, 4.69) is 9.72 Å². The highest BCUT2D eigenvalue weighted by atomic mass is 19.3. The van der Waals surface area contributed by atoms with E-state index >= 15 is 0 Å². The minimum absolute atomic E-state index is 0.0998. The van der Waals surface area contributed by atoms with Gasteiger partial charge in [0.25, 0.3) is 6.43 Å². The van der Waals surface area contributed by atoms with Crippen molar-refractivity contribution in [3.8, 4) is 6.07 Å². The van der Waals surface area contributed by atoms with E-state index in [0.29, 0.717) is 0 Å². The van der Waals surface area contributed by atoms with E-state index in [9.17, 15) is 13.6 Å². The van der Waals surface area contributed by atoms with Crippen LogP contribution in [0.2, 0.25) is 0 Å². The molecular weight excluding hydrogens is 218 g/mol. The van der Waals surface area contributed by atoms with Crippen LogP contribution < -0.4 is 0 Å². The molecule has 84 valence electrons. The Morgan fingerprint density at radius 3 is 2.88 bits per heavy atom. The van der Waals surface area contributed by atoms with Crippen LogP contribution in [0.25, 0.3) is 0 Å². The molecule has 0 saturated carbocycles. The zero-order chi connectivity index (χ0) is 12.1. The Labute approximate surface area is 90.5 Å². The minimum atomic E-state index is -2.74. The van der Waals surface area contributed by atoms with Crippen LogP contribution in [0.3, 0.4) is 0 Å². The molecule has 0 spiro atoms. The second kappa shape index (κ2) is 5.16. The van der Waals surface area contributed by atoms with Crippen molar-refractivity contribution in [1.29, 1.82) is 5.26 Å². The number of nitriles is 1. The maximum atomic E-state index is 12.4. The van der Waals surface area contributed by atoms with Crippen molar-refractivity contribution in [2.24, 2.45) is 0 Å². The van der Waals surface area contributed by atoms with Crippen molar-refractivity contribution in [2.75, 3.05) is 6.61 Å². The van der Waals surface area contributed by atoms with E-state index in [0.717, 1.165) is 12.3 Å². The van der Waals surface area contributed by atoms with Gasteiger partial charge in [0.05, 0.1) is 12.2 Å². The van der Waals surface area contributed by atoms with Crippen molar-refractivity contribution in [3.05, 3.63) is 29.1 Å². The number of aromatic nitrogens is 1. The average molecular weight is 226 g/mol. The van der Waals surface area contributed by atoms with Crippen LogP contribution in [0, 0.1) is 11.3 Å². The Morgan fingerprint density at radius 2 is 2.38 bits per heavy atom. The summed E-state index contributed by atoms with van der Waals surface area (Å²) >= 11 is 0. The summed E-state index contributed by atoms with van der Waals surface area (Å²) in [5.41, 5.74) is -0.868. The Balaban J connectivity index is 3.18. The van der Waals surface area contributed by atoms with Gasteiger partial charge in [0.1, 0.15) is 6.07 Å². The van der Waals surface area contributed by atoms with Gasteiger partial charge in [0, 0.05) is 11.8 Å². The first-order valence-electron chi connectivity index (χ1n) is 4.45. The van der Waals surface area contributed by atoms with Crippen molar-refractivity contribution in [1.82, 2.24) is 4.98 Å². The van der Waals surface area contributed by atoms with Gasteiger partial charge in [-0.3, -0.25) is 0 Å². The fraction of sp³-hybridized carbons (Fsp3) is 0.300. The number of carbonyl (C=O) groups excluding carboxylic acids is 1. The van der Waals surface area contributed by atoms with Gasteiger partial charge >= 0.3 is 5.97 Å². The molecule has 0 aliphatic carbocycles. The molecule has 0 saturated heterocycles. The summed E-state index contributed by atoms with van der Waals surface area (Å²) in [5.74, 6) is -0.825. The molecule has 1 heterocycles. The SMILES string of the molecule is CCOC(=O)c1cc(C(F)F)cnc1C#N. The molecule has 0 amide bonds. The van der Waals surface area contributed by atoms with Crippen LogP contribution in [-0.2, 0) is 4.74 Å². The lowest BCUT2D eigenvalue weighted by molar-refractivity contribution is 0.0525. The fourth-order valence-corrected chi connectivity index (χ4v) is 1.05. The highest BCUT2D eigenvalue weighted by Gasteiger charge is 2.17. The third kappa shape index (κ3) is 2.51. The molecule has 0 unspecified atom stereocenters. The van der Waals surface area contributed by atoms with Gasteiger partial charge in [-0.15, -0.1) is 0 Å². The third-order valence-electron chi connectivity index (χ3n) is 1.76. The van der Waals surface area contributed by atoms with Crippen molar-refractivity contribution >= 4 is 5.97 Å². The smallest absolute Gasteiger partial charge is 0.341 e. The van der Waals surface area contributed by atoms with Gasteiger partial charge in [-0.2, -0.15) is 5.26 Å². The first kappa shape index (κ1) is 12.0. The molecule has 0 aliphatic rings. The van der Waals surface area contributed by atoms with E-state index in [1.165, 1.54) is 0 Å². The van der Waals surface area contributed by atoms with Crippen LogP contribution in [0.15, 0.2) is 12.3 Å². The van der Waals surface area contributed by atoms with E-state index in [-0.39, 0.29) is 17.9 Å². The maximum absolute atomic E-state index is 12.4. The largest absolute Gasteiger partial charge is 0.462 e. The highest BCUT2D eigenvalue weighted by Crippen LogP contribution is 2.20. The zero-order valence-electron chi connectivity index (χ0n) is 8.41. The first-order chi connectivity index (χ1) is 7.60. The molecule has 0 atom stereocenters. The minimum Gasteiger partial charge on any atom is -0.462 e. The molecule has 1 aromatic rings. The van der Waals surface area contributed by atoms with Crippen LogP contribution >= 0.6 is 0 Å². The van der Waals surface area contributed by atoms with Gasteiger partial charge in [-0.05, 0) is 13.0 Å². The summed E-state index contributed by atoms with van der Waals surface area (Å²) in [6.45, 7) is 1.68. The van der Waals surface area contributed by atoms with Crippen LogP contribution in [0.1, 0.15) is 35.0 Å². The van der Waals surface area contributed by atoms with Crippen molar-refractivity contribution in [3.63, 3.8) is 0 Å².